The molecule has 0 aliphatic heterocycles. The molecule has 0 aliphatic carbocycles. The van der Waals surface area contributed by atoms with Crippen molar-refractivity contribution in [2.45, 2.75) is 10.3 Å². The molecule has 1 heterocycles. The van der Waals surface area contributed by atoms with Gasteiger partial charge in [-0.25, -0.2) is 0 Å². The van der Waals surface area contributed by atoms with Gasteiger partial charge in [0.25, 0.3) is 0 Å². The highest BCUT2D eigenvalue weighted by molar-refractivity contribution is 8.01. The molecule has 1 atom stereocenters. The Morgan fingerprint density at radius 2 is 2.67 bits per heavy atom. The largest absolute Gasteiger partial charge is 0.304 e. The highest BCUT2D eigenvalue weighted by Crippen LogP contribution is 2.23. The summed E-state index contributed by atoms with van der Waals surface area (Å²) in [6.07, 6.45) is 0. The van der Waals surface area contributed by atoms with Crippen molar-refractivity contribution in [2.24, 2.45) is 0 Å². The molecule has 0 spiro atoms. The Kier molecular flexibility index (Phi) is 4.15. The van der Waals surface area contributed by atoms with Crippen molar-refractivity contribution < 1.29 is 0 Å². The number of hydrogen-bond acceptors (Lipinski definition) is 4. The molecule has 0 fully saturated rings. The first kappa shape index (κ1) is 9.59. The van der Waals surface area contributed by atoms with Crippen LogP contribution < -0.4 is 5.32 Å². The van der Waals surface area contributed by atoms with Crippen LogP contribution in [0.5, 0.6) is 0 Å². The molecular weight excluding hydrogens is 188 g/mol. The van der Waals surface area contributed by atoms with E-state index in [9.17, 15) is 0 Å². The summed E-state index contributed by atoms with van der Waals surface area (Å²) < 4.78 is 1.27. The molecule has 0 aromatic carbocycles. The lowest BCUT2D eigenvalue weighted by Gasteiger charge is -2.04. The van der Waals surface area contributed by atoms with Crippen LogP contribution in [0, 0.1) is 11.3 Å². The van der Waals surface area contributed by atoms with E-state index in [2.05, 4.69) is 17.5 Å². The van der Waals surface area contributed by atoms with Gasteiger partial charge in [0.1, 0.15) is 6.04 Å². The van der Waals surface area contributed by atoms with Crippen LogP contribution in [0.1, 0.15) is 0 Å². The molecule has 0 radical (unpaired) electrons. The van der Waals surface area contributed by atoms with Crippen LogP contribution in [-0.4, -0.2) is 18.8 Å². The molecule has 0 aliphatic rings. The van der Waals surface area contributed by atoms with E-state index in [1.54, 1.807) is 23.1 Å². The Balaban J connectivity index is 2.31. The lowest BCUT2D eigenvalue weighted by atomic mass is 10.4. The number of thioether (sulfide) groups is 1. The fourth-order valence-electron chi connectivity index (χ4n) is 0.696. The number of hydrogen-bond donors (Lipinski definition) is 1. The first-order valence-electron chi connectivity index (χ1n) is 3.60. The van der Waals surface area contributed by atoms with Gasteiger partial charge in [-0.15, -0.1) is 23.1 Å². The van der Waals surface area contributed by atoms with Crippen molar-refractivity contribution in [1.29, 1.82) is 5.26 Å². The van der Waals surface area contributed by atoms with Gasteiger partial charge < -0.3 is 5.32 Å². The Hall–Kier alpha value is -0.500. The molecule has 0 saturated heterocycles. The van der Waals surface area contributed by atoms with Gasteiger partial charge in [-0.05, 0) is 18.5 Å². The van der Waals surface area contributed by atoms with Crippen LogP contribution in [-0.2, 0) is 0 Å². The summed E-state index contributed by atoms with van der Waals surface area (Å²) >= 11 is 3.43. The second kappa shape index (κ2) is 5.20. The zero-order chi connectivity index (χ0) is 8.81. The minimum Gasteiger partial charge on any atom is -0.304 e. The molecule has 1 rings (SSSR count). The van der Waals surface area contributed by atoms with Crippen molar-refractivity contribution in [3.8, 4) is 6.07 Å². The quantitative estimate of drug-likeness (QED) is 0.751. The highest BCUT2D eigenvalue weighted by atomic mass is 32.2. The van der Waals surface area contributed by atoms with Crippen molar-refractivity contribution in [2.75, 3.05) is 12.8 Å². The molecule has 0 saturated carbocycles. The third kappa shape index (κ3) is 2.86. The Bertz CT molecular complexity index is 251. The van der Waals surface area contributed by atoms with Crippen molar-refractivity contribution in [3.63, 3.8) is 0 Å². The molecule has 2 nitrogen and oxygen atoms in total. The van der Waals surface area contributed by atoms with Crippen LogP contribution >= 0.6 is 23.1 Å². The number of nitriles is 1. The molecule has 1 aromatic heterocycles. The van der Waals surface area contributed by atoms with Gasteiger partial charge in [0, 0.05) is 5.75 Å². The van der Waals surface area contributed by atoms with E-state index in [1.807, 2.05) is 18.5 Å². The van der Waals surface area contributed by atoms with Crippen molar-refractivity contribution in [1.82, 2.24) is 5.32 Å². The van der Waals surface area contributed by atoms with Crippen molar-refractivity contribution >= 4 is 23.1 Å². The van der Waals surface area contributed by atoms with Crippen LogP contribution in [0.2, 0.25) is 0 Å². The lowest BCUT2D eigenvalue weighted by molar-refractivity contribution is 0.750. The molecule has 1 unspecified atom stereocenters. The lowest BCUT2D eigenvalue weighted by Crippen LogP contribution is -2.25. The van der Waals surface area contributed by atoms with E-state index in [0.717, 1.165) is 5.75 Å². The SMILES string of the molecule is CNC(C#N)CSc1cccs1. The van der Waals surface area contributed by atoms with E-state index < -0.39 is 0 Å². The molecule has 1 N–H and O–H groups in total. The maximum Gasteiger partial charge on any atom is 0.105 e. The minimum atomic E-state index is -0.0444. The average molecular weight is 198 g/mol. The van der Waals surface area contributed by atoms with Crippen LogP contribution in [0.25, 0.3) is 0 Å². The fourth-order valence-corrected chi connectivity index (χ4v) is 2.53. The fraction of sp³-hybridized carbons (Fsp3) is 0.375. The van der Waals surface area contributed by atoms with Gasteiger partial charge in [0.2, 0.25) is 0 Å². The summed E-state index contributed by atoms with van der Waals surface area (Å²) in [7, 11) is 1.81. The van der Waals surface area contributed by atoms with Gasteiger partial charge in [0.05, 0.1) is 10.3 Å². The van der Waals surface area contributed by atoms with Crippen molar-refractivity contribution in [3.05, 3.63) is 17.5 Å². The second-order valence-corrected chi connectivity index (χ2v) is 4.48. The topological polar surface area (TPSA) is 35.8 Å². The zero-order valence-corrected chi connectivity index (χ0v) is 8.41. The second-order valence-electron chi connectivity index (χ2n) is 2.21. The van der Waals surface area contributed by atoms with Gasteiger partial charge >= 0.3 is 0 Å². The maximum absolute atomic E-state index is 8.63. The van der Waals surface area contributed by atoms with E-state index in [4.69, 9.17) is 5.26 Å². The van der Waals surface area contributed by atoms with Gasteiger partial charge in [-0.2, -0.15) is 5.26 Å². The van der Waals surface area contributed by atoms with E-state index in [1.165, 1.54) is 4.21 Å². The minimum absolute atomic E-state index is 0.0444. The van der Waals surface area contributed by atoms with E-state index in [-0.39, 0.29) is 6.04 Å². The Morgan fingerprint density at radius 3 is 3.17 bits per heavy atom. The van der Waals surface area contributed by atoms with Gasteiger partial charge in [-0.1, -0.05) is 6.07 Å². The molecule has 0 bridgehead atoms. The van der Waals surface area contributed by atoms with E-state index >= 15 is 0 Å². The third-order valence-corrected chi connectivity index (χ3v) is 3.62. The number of nitrogens with one attached hydrogen (secondary N) is 1. The first-order valence-corrected chi connectivity index (χ1v) is 5.46. The predicted octanol–water partition coefficient (Wildman–Crippen LogP) is 1.95. The molecular formula is C8H10N2S2. The molecule has 64 valence electrons. The van der Waals surface area contributed by atoms with Gasteiger partial charge in [-0.3, -0.25) is 0 Å². The molecule has 12 heavy (non-hydrogen) atoms. The summed E-state index contributed by atoms with van der Waals surface area (Å²) in [5.74, 6) is 0.813. The molecule has 1 aromatic rings. The maximum atomic E-state index is 8.63. The molecule has 4 heteroatoms. The average Bonchev–Trinajstić information content (AvgIpc) is 2.59. The normalized spacial score (nSPS) is 12.3. The van der Waals surface area contributed by atoms with Gasteiger partial charge in [0.15, 0.2) is 0 Å². The van der Waals surface area contributed by atoms with E-state index in [0.29, 0.717) is 0 Å². The summed E-state index contributed by atoms with van der Waals surface area (Å²) in [5, 5.41) is 13.6. The third-order valence-electron chi connectivity index (χ3n) is 1.39. The summed E-state index contributed by atoms with van der Waals surface area (Å²) in [6.45, 7) is 0. The monoisotopic (exact) mass is 198 g/mol. The van der Waals surface area contributed by atoms with Crippen LogP contribution in [0.4, 0.5) is 0 Å². The molecule has 0 amide bonds. The highest BCUT2D eigenvalue weighted by Gasteiger charge is 2.04. The Morgan fingerprint density at radius 1 is 1.83 bits per heavy atom. The van der Waals surface area contributed by atoms with Crippen LogP contribution in [0.15, 0.2) is 21.7 Å². The number of thiophene rings is 1. The summed E-state index contributed by atoms with van der Waals surface area (Å²) in [6, 6.07) is 6.23. The Labute approximate surface area is 80.6 Å². The smallest absolute Gasteiger partial charge is 0.105 e. The number of nitrogens with zero attached hydrogens (tertiary/aromatic N) is 1. The number of rotatable bonds is 4. The summed E-state index contributed by atoms with van der Waals surface area (Å²) in [5.41, 5.74) is 0. The zero-order valence-electron chi connectivity index (χ0n) is 6.78. The predicted molar refractivity (Wildman–Crippen MR) is 53.5 cm³/mol. The van der Waals surface area contributed by atoms with Crippen LogP contribution in [0.3, 0.4) is 0 Å². The standard InChI is InChI=1S/C8H10N2S2/c1-10-7(5-9)6-12-8-3-2-4-11-8/h2-4,7,10H,6H2,1H3. The summed E-state index contributed by atoms with van der Waals surface area (Å²) in [4.78, 5) is 0. The first-order chi connectivity index (χ1) is 5.86.